The van der Waals surface area contributed by atoms with E-state index in [1.165, 1.54) is 0 Å². The fraction of sp³-hybridized carbons (Fsp3) is 0.917. The summed E-state index contributed by atoms with van der Waals surface area (Å²) in [6, 6.07) is 0.0149. The molecule has 0 aromatic rings. The van der Waals surface area contributed by atoms with Crippen LogP contribution in [0, 0.1) is 11.8 Å². The summed E-state index contributed by atoms with van der Waals surface area (Å²) in [5, 5.41) is 12.4. The Bertz CT molecular complexity index is 249. The zero-order valence-electron chi connectivity index (χ0n) is 11.0. The molecular formula is C12H24N2O2S. The van der Waals surface area contributed by atoms with Crippen LogP contribution in [-0.4, -0.2) is 53.8 Å². The molecule has 1 aliphatic heterocycles. The summed E-state index contributed by atoms with van der Waals surface area (Å²) in [5.41, 5.74) is 0. The van der Waals surface area contributed by atoms with Gasteiger partial charge in [0.2, 0.25) is 0 Å². The van der Waals surface area contributed by atoms with Gasteiger partial charge in [-0.05, 0) is 31.3 Å². The summed E-state index contributed by atoms with van der Waals surface area (Å²) in [6.45, 7) is 6.11. The SMILES string of the molecule is CSC[C@H](C)CNC(=O)N1CC[C@@H]([C@H](C)O)C1. The predicted octanol–water partition coefficient (Wildman–Crippen LogP) is 1.40. The summed E-state index contributed by atoms with van der Waals surface area (Å²) in [6.07, 6.45) is 2.67. The number of hydrogen-bond donors (Lipinski definition) is 2. The molecule has 0 aliphatic carbocycles. The van der Waals surface area contributed by atoms with E-state index in [0.29, 0.717) is 12.5 Å². The van der Waals surface area contributed by atoms with Crippen LogP contribution in [0.2, 0.25) is 0 Å². The zero-order chi connectivity index (χ0) is 12.8. The van der Waals surface area contributed by atoms with Gasteiger partial charge in [0.25, 0.3) is 0 Å². The summed E-state index contributed by atoms with van der Waals surface area (Å²) in [7, 11) is 0. The van der Waals surface area contributed by atoms with Crippen molar-refractivity contribution in [3.63, 3.8) is 0 Å². The lowest BCUT2D eigenvalue weighted by Gasteiger charge is -2.19. The molecule has 4 nitrogen and oxygen atoms in total. The molecule has 0 aromatic carbocycles. The maximum absolute atomic E-state index is 11.8. The third-order valence-electron chi connectivity index (χ3n) is 3.25. The molecule has 1 saturated heterocycles. The molecule has 2 amide bonds. The average molecular weight is 260 g/mol. The molecule has 0 spiro atoms. The zero-order valence-corrected chi connectivity index (χ0v) is 11.8. The van der Waals surface area contributed by atoms with Crippen LogP contribution >= 0.6 is 11.8 Å². The molecule has 0 saturated carbocycles. The lowest BCUT2D eigenvalue weighted by atomic mass is 10.0. The van der Waals surface area contributed by atoms with Gasteiger partial charge in [-0.25, -0.2) is 4.79 Å². The highest BCUT2D eigenvalue weighted by Gasteiger charge is 2.28. The number of urea groups is 1. The Morgan fingerprint density at radius 3 is 2.82 bits per heavy atom. The van der Waals surface area contributed by atoms with Gasteiger partial charge in [-0.15, -0.1) is 0 Å². The van der Waals surface area contributed by atoms with E-state index in [-0.39, 0.29) is 18.1 Å². The number of nitrogens with one attached hydrogen (secondary N) is 1. The Morgan fingerprint density at radius 1 is 1.59 bits per heavy atom. The predicted molar refractivity (Wildman–Crippen MR) is 72.3 cm³/mol. The number of aliphatic hydroxyl groups excluding tert-OH is 1. The fourth-order valence-corrected chi connectivity index (χ4v) is 2.77. The van der Waals surface area contributed by atoms with E-state index in [1.807, 2.05) is 4.90 Å². The minimum absolute atomic E-state index is 0.0149. The van der Waals surface area contributed by atoms with Crippen LogP contribution in [-0.2, 0) is 0 Å². The van der Waals surface area contributed by atoms with Gasteiger partial charge in [-0.3, -0.25) is 0 Å². The number of likely N-dealkylation sites (tertiary alicyclic amines) is 1. The van der Waals surface area contributed by atoms with Crippen molar-refractivity contribution in [2.45, 2.75) is 26.4 Å². The van der Waals surface area contributed by atoms with Gasteiger partial charge in [-0.1, -0.05) is 6.92 Å². The third-order valence-corrected chi connectivity index (χ3v) is 4.15. The highest BCUT2D eigenvalue weighted by molar-refractivity contribution is 7.98. The Balaban J connectivity index is 2.25. The largest absolute Gasteiger partial charge is 0.393 e. The summed E-state index contributed by atoms with van der Waals surface area (Å²) < 4.78 is 0. The van der Waals surface area contributed by atoms with Crippen LogP contribution in [0.1, 0.15) is 20.3 Å². The second-order valence-electron chi connectivity index (χ2n) is 4.98. The Kier molecular flexibility index (Phi) is 6.12. The van der Waals surface area contributed by atoms with Crippen molar-refractivity contribution >= 4 is 17.8 Å². The van der Waals surface area contributed by atoms with Crippen molar-refractivity contribution in [1.29, 1.82) is 0 Å². The fourth-order valence-electron chi connectivity index (χ4n) is 2.08. The Morgan fingerprint density at radius 2 is 2.29 bits per heavy atom. The van der Waals surface area contributed by atoms with Gasteiger partial charge in [0.05, 0.1) is 6.10 Å². The smallest absolute Gasteiger partial charge is 0.317 e. The van der Waals surface area contributed by atoms with Gasteiger partial charge < -0.3 is 15.3 Å². The second kappa shape index (κ2) is 7.11. The first-order valence-corrected chi connectivity index (χ1v) is 7.63. The molecule has 0 unspecified atom stereocenters. The molecular weight excluding hydrogens is 236 g/mol. The molecule has 1 fully saturated rings. The molecule has 1 aliphatic rings. The molecule has 1 rings (SSSR count). The first-order chi connectivity index (χ1) is 8.04. The minimum atomic E-state index is -0.316. The number of thioether (sulfide) groups is 1. The topological polar surface area (TPSA) is 52.6 Å². The van der Waals surface area contributed by atoms with E-state index in [4.69, 9.17) is 0 Å². The molecule has 3 atom stereocenters. The van der Waals surface area contributed by atoms with E-state index < -0.39 is 0 Å². The van der Waals surface area contributed by atoms with Crippen LogP contribution in [0.25, 0.3) is 0 Å². The van der Waals surface area contributed by atoms with Gasteiger partial charge in [0.1, 0.15) is 0 Å². The van der Waals surface area contributed by atoms with E-state index in [2.05, 4.69) is 18.5 Å². The summed E-state index contributed by atoms with van der Waals surface area (Å²) in [4.78, 5) is 13.7. The number of amides is 2. The second-order valence-corrected chi connectivity index (χ2v) is 5.89. The molecule has 0 bridgehead atoms. The van der Waals surface area contributed by atoms with Gasteiger partial charge in [0.15, 0.2) is 0 Å². The molecule has 17 heavy (non-hydrogen) atoms. The van der Waals surface area contributed by atoms with E-state index in [1.54, 1.807) is 18.7 Å². The van der Waals surface area contributed by atoms with Crippen LogP contribution in [0.5, 0.6) is 0 Å². The number of hydrogen-bond acceptors (Lipinski definition) is 3. The Hall–Kier alpha value is -0.420. The quantitative estimate of drug-likeness (QED) is 0.785. The molecule has 0 aromatic heterocycles. The van der Waals surface area contributed by atoms with E-state index in [9.17, 15) is 9.90 Å². The number of nitrogens with zero attached hydrogens (tertiary/aromatic N) is 1. The maximum atomic E-state index is 11.8. The lowest BCUT2D eigenvalue weighted by molar-refractivity contribution is 0.129. The number of carbonyl (C=O) groups is 1. The third kappa shape index (κ3) is 4.76. The Labute approximate surface area is 108 Å². The van der Waals surface area contributed by atoms with Gasteiger partial charge in [0, 0.05) is 25.6 Å². The summed E-state index contributed by atoms with van der Waals surface area (Å²) >= 11 is 1.80. The first kappa shape index (κ1) is 14.6. The van der Waals surface area contributed by atoms with Crippen LogP contribution in [0.4, 0.5) is 4.79 Å². The van der Waals surface area contributed by atoms with E-state index >= 15 is 0 Å². The van der Waals surface area contributed by atoms with Crippen LogP contribution in [0.15, 0.2) is 0 Å². The molecule has 5 heteroatoms. The molecule has 1 heterocycles. The van der Waals surface area contributed by atoms with Crippen molar-refractivity contribution in [1.82, 2.24) is 10.2 Å². The van der Waals surface area contributed by atoms with Crippen LogP contribution in [0.3, 0.4) is 0 Å². The normalized spacial score (nSPS) is 23.5. The standard InChI is InChI=1S/C12H24N2O2S/c1-9(8-17-3)6-13-12(16)14-5-4-11(7-14)10(2)15/h9-11,15H,4-8H2,1-3H3,(H,13,16)/t9-,10+,11-/m1/s1. The van der Waals surface area contributed by atoms with Crippen molar-refractivity contribution in [2.75, 3.05) is 31.6 Å². The van der Waals surface area contributed by atoms with Crippen molar-refractivity contribution in [2.24, 2.45) is 11.8 Å². The van der Waals surface area contributed by atoms with Gasteiger partial charge in [-0.2, -0.15) is 11.8 Å². The molecule has 2 N–H and O–H groups in total. The monoisotopic (exact) mass is 260 g/mol. The number of rotatable bonds is 5. The highest BCUT2D eigenvalue weighted by Crippen LogP contribution is 2.19. The van der Waals surface area contributed by atoms with Gasteiger partial charge >= 0.3 is 6.03 Å². The van der Waals surface area contributed by atoms with Crippen molar-refractivity contribution < 1.29 is 9.90 Å². The van der Waals surface area contributed by atoms with Crippen LogP contribution < -0.4 is 5.32 Å². The van der Waals surface area contributed by atoms with Crippen molar-refractivity contribution in [3.05, 3.63) is 0 Å². The maximum Gasteiger partial charge on any atom is 0.317 e. The number of aliphatic hydroxyl groups is 1. The minimum Gasteiger partial charge on any atom is -0.393 e. The molecule has 100 valence electrons. The summed E-state index contributed by atoms with van der Waals surface area (Å²) in [5.74, 6) is 1.81. The lowest BCUT2D eigenvalue weighted by Crippen LogP contribution is -2.41. The van der Waals surface area contributed by atoms with E-state index in [0.717, 1.165) is 25.3 Å². The highest BCUT2D eigenvalue weighted by atomic mass is 32.2. The first-order valence-electron chi connectivity index (χ1n) is 6.24. The van der Waals surface area contributed by atoms with Crippen molar-refractivity contribution in [3.8, 4) is 0 Å². The molecule has 0 radical (unpaired) electrons. The average Bonchev–Trinajstić information content (AvgIpc) is 2.75. The number of carbonyl (C=O) groups excluding carboxylic acids is 1.